The highest BCUT2D eigenvalue weighted by atomic mass is 35.5. The summed E-state index contributed by atoms with van der Waals surface area (Å²) in [6.07, 6.45) is 0.335. The number of benzene rings is 1. The molecule has 0 fully saturated rings. The van der Waals surface area contributed by atoms with E-state index >= 15 is 0 Å². The Labute approximate surface area is 118 Å². The molecule has 0 saturated carbocycles. The van der Waals surface area contributed by atoms with E-state index in [1.165, 1.54) is 7.11 Å². The van der Waals surface area contributed by atoms with Crippen LogP contribution in [0.5, 0.6) is 11.5 Å². The maximum Gasteiger partial charge on any atom is 0.309 e. The minimum atomic E-state index is -0.885. The summed E-state index contributed by atoms with van der Waals surface area (Å²) in [5.74, 6) is 0.266. The first-order chi connectivity index (χ1) is 8.81. The van der Waals surface area contributed by atoms with Crippen molar-refractivity contribution < 1.29 is 19.4 Å². The Bertz CT molecular complexity index is 469. The predicted molar refractivity (Wildman–Crippen MR) is 74.3 cm³/mol. The summed E-state index contributed by atoms with van der Waals surface area (Å²) in [5.41, 5.74) is -0.121. The van der Waals surface area contributed by atoms with Crippen molar-refractivity contribution in [3.8, 4) is 11.5 Å². The van der Waals surface area contributed by atoms with Gasteiger partial charge in [-0.1, -0.05) is 11.6 Å². The number of halogens is 1. The molecule has 0 atom stereocenters. The van der Waals surface area contributed by atoms with Gasteiger partial charge in [-0.15, -0.1) is 0 Å². The van der Waals surface area contributed by atoms with Gasteiger partial charge >= 0.3 is 5.97 Å². The molecular weight excluding hydrogens is 268 g/mol. The molecule has 0 heterocycles. The summed E-state index contributed by atoms with van der Waals surface area (Å²) in [6.45, 7) is 5.70. The second kappa shape index (κ2) is 6.15. The largest absolute Gasteiger partial charge is 0.495 e. The van der Waals surface area contributed by atoms with Gasteiger partial charge in [0, 0.05) is 6.07 Å². The Morgan fingerprint density at radius 3 is 2.47 bits per heavy atom. The Balaban J connectivity index is 3.18. The molecule has 0 amide bonds. The number of hydrogen-bond acceptors (Lipinski definition) is 3. The molecule has 1 aromatic rings. The van der Waals surface area contributed by atoms with Gasteiger partial charge in [0.25, 0.3) is 0 Å². The van der Waals surface area contributed by atoms with E-state index in [9.17, 15) is 9.90 Å². The van der Waals surface area contributed by atoms with Gasteiger partial charge in [-0.3, -0.25) is 4.79 Å². The maximum atomic E-state index is 11.2. The van der Waals surface area contributed by atoms with E-state index in [0.29, 0.717) is 29.5 Å². The maximum absolute atomic E-state index is 11.2. The number of carboxylic acids is 1. The fraction of sp³-hybridized carbons (Fsp3) is 0.500. The SMILES string of the molecule is CCOc1cc(OC)c(Cl)cc1CC(C)(C)C(=O)O. The molecular formula is C14H19ClO4. The third-order valence-corrected chi connectivity index (χ3v) is 3.14. The van der Waals surface area contributed by atoms with Gasteiger partial charge in [0.05, 0.1) is 24.2 Å². The van der Waals surface area contributed by atoms with E-state index < -0.39 is 11.4 Å². The average molecular weight is 287 g/mol. The lowest BCUT2D eigenvalue weighted by molar-refractivity contribution is -0.146. The van der Waals surface area contributed by atoms with Crippen molar-refractivity contribution in [1.82, 2.24) is 0 Å². The van der Waals surface area contributed by atoms with Crippen molar-refractivity contribution in [1.29, 1.82) is 0 Å². The summed E-state index contributed by atoms with van der Waals surface area (Å²) in [5, 5.41) is 9.64. The molecule has 19 heavy (non-hydrogen) atoms. The number of hydrogen-bond donors (Lipinski definition) is 1. The minimum Gasteiger partial charge on any atom is -0.495 e. The van der Waals surface area contributed by atoms with Gasteiger partial charge in [-0.2, -0.15) is 0 Å². The molecule has 4 nitrogen and oxygen atoms in total. The third-order valence-electron chi connectivity index (χ3n) is 2.85. The van der Waals surface area contributed by atoms with Crippen LogP contribution in [0.1, 0.15) is 26.3 Å². The molecule has 5 heteroatoms. The zero-order valence-electron chi connectivity index (χ0n) is 11.6. The van der Waals surface area contributed by atoms with Crippen molar-refractivity contribution in [2.24, 2.45) is 5.41 Å². The van der Waals surface area contributed by atoms with Crippen LogP contribution < -0.4 is 9.47 Å². The third kappa shape index (κ3) is 3.77. The lowest BCUT2D eigenvalue weighted by Gasteiger charge is -2.21. The van der Waals surface area contributed by atoms with Crippen LogP contribution in [0.25, 0.3) is 0 Å². The molecule has 1 rings (SSSR count). The highest BCUT2D eigenvalue weighted by molar-refractivity contribution is 6.32. The lowest BCUT2D eigenvalue weighted by atomic mass is 9.85. The minimum absolute atomic E-state index is 0.335. The molecule has 1 aromatic carbocycles. The monoisotopic (exact) mass is 286 g/mol. The zero-order valence-corrected chi connectivity index (χ0v) is 12.4. The van der Waals surface area contributed by atoms with Gasteiger partial charge in [0.15, 0.2) is 0 Å². The van der Waals surface area contributed by atoms with Gasteiger partial charge < -0.3 is 14.6 Å². The van der Waals surface area contributed by atoms with Crippen molar-refractivity contribution in [2.45, 2.75) is 27.2 Å². The van der Waals surface area contributed by atoms with Crippen molar-refractivity contribution in [3.63, 3.8) is 0 Å². The lowest BCUT2D eigenvalue weighted by Crippen LogP contribution is -2.26. The van der Waals surface area contributed by atoms with Crippen molar-refractivity contribution in [2.75, 3.05) is 13.7 Å². The number of aliphatic carboxylic acids is 1. The van der Waals surface area contributed by atoms with E-state index in [1.54, 1.807) is 26.0 Å². The van der Waals surface area contributed by atoms with Gasteiger partial charge in [0.2, 0.25) is 0 Å². The molecule has 0 aromatic heterocycles. The molecule has 0 spiro atoms. The highest BCUT2D eigenvalue weighted by Gasteiger charge is 2.29. The summed E-state index contributed by atoms with van der Waals surface area (Å²) in [7, 11) is 1.53. The van der Waals surface area contributed by atoms with Crippen LogP contribution in [-0.4, -0.2) is 24.8 Å². The standard InChI is InChI=1S/C14H19ClO4/c1-5-19-11-7-12(18-4)10(15)6-9(11)8-14(2,3)13(16)17/h6-7H,5,8H2,1-4H3,(H,16,17). The van der Waals surface area contributed by atoms with Gasteiger partial charge in [-0.05, 0) is 38.8 Å². The van der Waals surface area contributed by atoms with Crippen LogP contribution in [0.15, 0.2) is 12.1 Å². The molecule has 0 radical (unpaired) electrons. The quantitative estimate of drug-likeness (QED) is 0.871. The molecule has 0 aliphatic rings. The second-order valence-corrected chi connectivity index (χ2v) is 5.30. The number of carbonyl (C=O) groups is 1. The van der Waals surface area contributed by atoms with Crippen molar-refractivity contribution >= 4 is 17.6 Å². The van der Waals surface area contributed by atoms with Crippen LogP contribution >= 0.6 is 11.6 Å². The van der Waals surface area contributed by atoms with E-state index in [-0.39, 0.29) is 0 Å². The molecule has 0 aliphatic carbocycles. The van der Waals surface area contributed by atoms with Crippen molar-refractivity contribution in [3.05, 3.63) is 22.7 Å². The molecule has 0 aliphatic heterocycles. The van der Waals surface area contributed by atoms with Crippen LogP contribution in [-0.2, 0) is 11.2 Å². The van der Waals surface area contributed by atoms with E-state index in [4.69, 9.17) is 21.1 Å². The Morgan fingerprint density at radius 1 is 1.37 bits per heavy atom. The Hall–Kier alpha value is -1.42. The number of rotatable bonds is 6. The summed E-state index contributed by atoms with van der Waals surface area (Å²) >= 11 is 6.08. The van der Waals surface area contributed by atoms with E-state index in [1.807, 2.05) is 6.92 Å². The van der Waals surface area contributed by atoms with Crippen LogP contribution in [0.4, 0.5) is 0 Å². The summed E-state index contributed by atoms with van der Waals surface area (Å²) < 4.78 is 10.7. The summed E-state index contributed by atoms with van der Waals surface area (Å²) in [6, 6.07) is 3.40. The molecule has 0 unspecified atom stereocenters. The first kappa shape index (κ1) is 15.6. The Morgan fingerprint density at radius 2 is 2.00 bits per heavy atom. The topological polar surface area (TPSA) is 55.8 Å². The first-order valence-electron chi connectivity index (χ1n) is 6.04. The average Bonchev–Trinajstić information content (AvgIpc) is 2.32. The fourth-order valence-corrected chi connectivity index (χ4v) is 1.98. The summed E-state index contributed by atoms with van der Waals surface area (Å²) in [4.78, 5) is 11.2. The highest BCUT2D eigenvalue weighted by Crippen LogP contribution is 2.36. The number of carboxylic acid groups (broad SMARTS) is 1. The fourth-order valence-electron chi connectivity index (χ4n) is 1.71. The predicted octanol–water partition coefficient (Wildman–Crippen LogP) is 3.40. The normalized spacial score (nSPS) is 11.2. The molecule has 106 valence electrons. The second-order valence-electron chi connectivity index (χ2n) is 4.89. The molecule has 1 N–H and O–H groups in total. The molecule has 0 saturated heterocycles. The van der Waals surface area contributed by atoms with Gasteiger partial charge in [-0.25, -0.2) is 0 Å². The molecule has 0 bridgehead atoms. The van der Waals surface area contributed by atoms with Crippen LogP contribution in [0.3, 0.4) is 0 Å². The number of ether oxygens (including phenoxy) is 2. The zero-order chi connectivity index (χ0) is 14.6. The first-order valence-corrected chi connectivity index (χ1v) is 6.42. The number of methoxy groups -OCH3 is 1. The van der Waals surface area contributed by atoms with Crippen LogP contribution in [0, 0.1) is 5.41 Å². The van der Waals surface area contributed by atoms with Crippen LogP contribution in [0.2, 0.25) is 5.02 Å². The van der Waals surface area contributed by atoms with E-state index in [2.05, 4.69) is 0 Å². The van der Waals surface area contributed by atoms with Gasteiger partial charge in [0.1, 0.15) is 11.5 Å². The Kier molecular flexibility index (Phi) is 5.06. The smallest absolute Gasteiger partial charge is 0.309 e. The van der Waals surface area contributed by atoms with E-state index in [0.717, 1.165) is 5.56 Å².